The zero-order valence-corrected chi connectivity index (χ0v) is 15.5. The van der Waals surface area contributed by atoms with Crippen LogP contribution in [0.15, 0.2) is 65.8 Å². The fourth-order valence-corrected chi connectivity index (χ4v) is 3.05. The summed E-state index contributed by atoms with van der Waals surface area (Å²) < 4.78 is 0. The quantitative estimate of drug-likeness (QED) is 0.523. The van der Waals surface area contributed by atoms with Crippen molar-refractivity contribution in [2.24, 2.45) is 4.99 Å². The van der Waals surface area contributed by atoms with Crippen molar-refractivity contribution in [1.82, 2.24) is 15.6 Å². The van der Waals surface area contributed by atoms with Gasteiger partial charge in [-0.25, -0.2) is 4.99 Å². The van der Waals surface area contributed by atoms with Gasteiger partial charge in [-0.2, -0.15) is 0 Å². The van der Waals surface area contributed by atoms with Crippen molar-refractivity contribution in [3.05, 3.63) is 77.6 Å². The molecule has 1 aromatic heterocycles. The van der Waals surface area contributed by atoms with E-state index in [0.29, 0.717) is 13.1 Å². The van der Waals surface area contributed by atoms with E-state index >= 15 is 0 Å². The number of fused-ring (bicyclic) bond motifs is 1. The van der Waals surface area contributed by atoms with Gasteiger partial charge in [-0.05, 0) is 35.9 Å². The van der Waals surface area contributed by atoms with Crippen LogP contribution in [-0.4, -0.2) is 17.5 Å². The molecule has 0 atom stereocenters. The molecule has 4 heteroatoms. The number of guanidine groups is 1. The molecule has 3 rings (SSSR count). The Hall–Kier alpha value is -2.88. The first-order valence-electron chi connectivity index (χ1n) is 9.23. The van der Waals surface area contributed by atoms with Crippen molar-refractivity contribution in [1.29, 1.82) is 0 Å². The maximum atomic E-state index is 4.75. The van der Waals surface area contributed by atoms with Gasteiger partial charge < -0.3 is 10.6 Å². The van der Waals surface area contributed by atoms with Crippen LogP contribution in [0.5, 0.6) is 0 Å². The van der Waals surface area contributed by atoms with Crippen LogP contribution < -0.4 is 10.6 Å². The first-order chi connectivity index (χ1) is 12.8. The third kappa shape index (κ3) is 4.39. The third-order valence-corrected chi connectivity index (χ3v) is 4.43. The predicted octanol–water partition coefficient (Wildman–Crippen LogP) is 4.05. The Labute approximate surface area is 155 Å². The van der Waals surface area contributed by atoms with Crippen molar-refractivity contribution < 1.29 is 0 Å². The lowest BCUT2D eigenvalue weighted by Crippen LogP contribution is -2.37. The van der Waals surface area contributed by atoms with Crippen molar-refractivity contribution >= 4 is 16.7 Å². The minimum absolute atomic E-state index is 0.641. The Balaban J connectivity index is 1.74. The van der Waals surface area contributed by atoms with Crippen LogP contribution in [0.1, 0.15) is 30.7 Å². The summed E-state index contributed by atoms with van der Waals surface area (Å²) in [5, 5.41) is 9.12. The maximum absolute atomic E-state index is 4.75. The van der Waals surface area contributed by atoms with E-state index in [2.05, 4.69) is 78.0 Å². The monoisotopic (exact) mass is 346 g/mol. The Kier molecular flexibility index (Phi) is 6.20. The Morgan fingerprint density at radius 2 is 1.69 bits per heavy atom. The third-order valence-electron chi connectivity index (χ3n) is 4.43. The van der Waals surface area contributed by atoms with E-state index in [-0.39, 0.29) is 0 Å². The van der Waals surface area contributed by atoms with E-state index in [0.717, 1.165) is 24.6 Å². The van der Waals surface area contributed by atoms with E-state index in [9.17, 15) is 0 Å². The van der Waals surface area contributed by atoms with E-state index < -0.39 is 0 Å². The summed E-state index contributed by atoms with van der Waals surface area (Å²) >= 11 is 0. The lowest BCUT2D eigenvalue weighted by Gasteiger charge is -2.13. The Morgan fingerprint density at radius 1 is 0.923 bits per heavy atom. The molecule has 0 bridgehead atoms. The fourth-order valence-electron chi connectivity index (χ4n) is 3.05. The summed E-state index contributed by atoms with van der Waals surface area (Å²) in [7, 11) is 0. The van der Waals surface area contributed by atoms with Gasteiger partial charge in [-0.1, -0.05) is 55.5 Å². The van der Waals surface area contributed by atoms with Gasteiger partial charge in [0.2, 0.25) is 0 Å². The minimum atomic E-state index is 0.641. The van der Waals surface area contributed by atoms with Gasteiger partial charge in [0.25, 0.3) is 0 Å². The number of aliphatic imine (C=N–C) groups is 1. The molecule has 0 aliphatic rings. The normalized spacial score (nSPS) is 11.5. The summed E-state index contributed by atoms with van der Waals surface area (Å²) in [6.07, 6.45) is 2.89. The average molecular weight is 346 g/mol. The molecule has 0 fully saturated rings. The van der Waals surface area contributed by atoms with Crippen LogP contribution in [0, 0.1) is 0 Å². The number of rotatable bonds is 6. The van der Waals surface area contributed by atoms with Gasteiger partial charge in [0.05, 0.1) is 18.8 Å². The second kappa shape index (κ2) is 8.99. The molecule has 26 heavy (non-hydrogen) atoms. The van der Waals surface area contributed by atoms with Gasteiger partial charge in [-0.3, -0.25) is 4.98 Å². The highest BCUT2D eigenvalue weighted by Gasteiger charge is 2.04. The number of aromatic nitrogens is 1. The van der Waals surface area contributed by atoms with E-state index in [4.69, 9.17) is 4.99 Å². The topological polar surface area (TPSA) is 49.3 Å². The average Bonchev–Trinajstić information content (AvgIpc) is 2.70. The number of hydrogen-bond donors (Lipinski definition) is 2. The molecule has 134 valence electrons. The summed E-state index contributed by atoms with van der Waals surface area (Å²) in [4.78, 5) is 9.29. The van der Waals surface area contributed by atoms with Gasteiger partial charge in [0, 0.05) is 18.1 Å². The molecule has 0 radical (unpaired) electrons. The van der Waals surface area contributed by atoms with Crippen molar-refractivity contribution in [2.45, 2.75) is 33.4 Å². The first-order valence-corrected chi connectivity index (χ1v) is 9.23. The van der Waals surface area contributed by atoms with E-state index in [1.165, 1.54) is 21.9 Å². The smallest absolute Gasteiger partial charge is 0.191 e. The summed E-state index contributed by atoms with van der Waals surface area (Å²) in [6.45, 7) is 6.39. The van der Waals surface area contributed by atoms with Crippen molar-refractivity contribution in [2.75, 3.05) is 6.54 Å². The minimum Gasteiger partial charge on any atom is -0.357 e. The lowest BCUT2D eigenvalue weighted by atomic mass is 10.1. The summed E-state index contributed by atoms with van der Waals surface area (Å²) in [6, 6.07) is 18.8. The zero-order valence-electron chi connectivity index (χ0n) is 15.5. The van der Waals surface area contributed by atoms with Crippen LogP contribution in [-0.2, 0) is 19.5 Å². The van der Waals surface area contributed by atoms with Gasteiger partial charge in [-0.15, -0.1) is 0 Å². The largest absolute Gasteiger partial charge is 0.357 e. The number of aryl methyl sites for hydroxylation is 1. The number of nitrogens with zero attached hydrogens (tertiary/aromatic N) is 2. The van der Waals surface area contributed by atoms with Crippen LogP contribution >= 0.6 is 0 Å². The highest BCUT2D eigenvalue weighted by Crippen LogP contribution is 2.16. The van der Waals surface area contributed by atoms with Crippen LogP contribution in [0.3, 0.4) is 0 Å². The van der Waals surface area contributed by atoms with Gasteiger partial charge in [0.1, 0.15) is 0 Å². The molecule has 0 unspecified atom stereocenters. The highest BCUT2D eigenvalue weighted by atomic mass is 15.2. The lowest BCUT2D eigenvalue weighted by molar-refractivity contribution is 0.803. The van der Waals surface area contributed by atoms with Crippen molar-refractivity contribution in [3.63, 3.8) is 0 Å². The number of nitrogens with one attached hydrogen (secondary N) is 2. The van der Waals surface area contributed by atoms with Gasteiger partial charge in [0.15, 0.2) is 5.96 Å². The zero-order chi connectivity index (χ0) is 18.2. The number of hydrogen-bond acceptors (Lipinski definition) is 2. The molecular weight excluding hydrogens is 320 g/mol. The fraction of sp³-hybridized carbons (Fsp3) is 0.273. The van der Waals surface area contributed by atoms with Crippen LogP contribution in [0.4, 0.5) is 0 Å². The van der Waals surface area contributed by atoms with Crippen LogP contribution in [0.25, 0.3) is 10.8 Å². The molecular formula is C22H26N4. The Morgan fingerprint density at radius 3 is 2.50 bits per heavy atom. The Bertz CT molecular complexity index is 881. The molecule has 0 saturated carbocycles. The molecule has 2 N–H and O–H groups in total. The molecule has 1 heterocycles. The number of benzene rings is 2. The molecule has 0 spiro atoms. The molecule has 3 aromatic rings. The van der Waals surface area contributed by atoms with Gasteiger partial charge >= 0.3 is 0 Å². The van der Waals surface area contributed by atoms with E-state index in [1.54, 1.807) is 0 Å². The van der Waals surface area contributed by atoms with Crippen LogP contribution in [0.2, 0.25) is 0 Å². The predicted molar refractivity (Wildman–Crippen MR) is 109 cm³/mol. The second-order valence-electron chi connectivity index (χ2n) is 6.15. The molecule has 2 aromatic carbocycles. The summed E-state index contributed by atoms with van der Waals surface area (Å²) in [5.41, 5.74) is 3.65. The molecule has 0 aliphatic heterocycles. The summed E-state index contributed by atoms with van der Waals surface area (Å²) in [5.74, 6) is 0.813. The second-order valence-corrected chi connectivity index (χ2v) is 6.15. The molecule has 4 nitrogen and oxygen atoms in total. The standard InChI is InChI=1S/C22H26N4/c1-3-17-9-5-6-11-19(17)15-25-22(23-4-2)26-16-21-20-12-8-7-10-18(20)13-14-24-21/h5-14H,3-4,15-16H2,1-2H3,(H2,23,25,26). The number of pyridine rings is 1. The van der Waals surface area contributed by atoms with Crippen molar-refractivity contribution in [3.8, 4) is 0 Å². The molecule has 0 aliphatic carbocycles. The maximum Gasteiger partial charge on any atom is 0.191 e. The highest BCUT2D eigenvalue weighted by molar-refractivity contribution is 5.85. The molecule has 0 amide bonds. The first kappa shape index (κ1) is 17.9. The SMILES string of the molecule is CCNC(=NCc1ccccc1CC)NCc1nccc2ccccc12. The molecule has 0 saturated heterocycles. The van der Waals surface area contributed by atoms with E-state index in [1.807, 2.05) is 12.3 Å².